The zero-order chi connectivity index (χ0) is 19.7. The van der Waals surface area contributed by atoms with Gasteiger partial charge in [0.15, 0.2) is 0 Å². The molecule has 146 valence electrons. The lowest BCUT2D eigenvalue weighted by Gasteiger charge is -2.47. The number of nitrogens with zero attached hydrogens (tertiary/aromatic N) is 3. The van der Waals surface area contributed by atoms with Crippen LogP contribution >= 0.6 is 23.2 Å². The van der Waals surface area contributed by atoms with Gasteiger partial charge >= 0.3 is 6.03 Å². The maximum Gasteiger partial charge on any atom is 0.327 e. The zero-order valence-corrected chi connectivity index (χ0v) is 16.7. The summed E-state index contributed by atoms with van der Waals surface area (Å²) in [5.41, 5.74) is 1.55. The van der Waals surface area contributed by atoms with E-state index in [-0.39, 0.29) is 24.5 Å². The standard InChI is InChI=1S/C20H20Cl2N4O2/c21-15-7-6-13(10-16(15)22)11-25-17-5-3-9-24-18(17)19(27)26(20(25)28)12-14-4-1-2-8-23-14/h1-2,4,6-8,10,17-18,24H,3,5,9,11-12H2. The minimum absolute atomic E-state index is 0.154. The summed E-state index contributed by atoms with van der Waals surface area (Å²) in [4.78, 5) is 33.6. The number of aromatic nitrogens is 1. The van der Waals surface area contributed by atoms with Crippen molar-refractivity contribution in [1.29, 1.82) is 0 Å². The first kappa shape index (κ1) is 19.2. The monoisotopic (exact) mass is 418 g/mol. The van der Waals surface area contributed by atoms with E-state index in [1.807, 2.05) is 18.2 Å². The third kappa shape index (κ3) is 3.72. The predicted octanol–water partition coefficient (Wildman–Crippen LogP) is 3.47. The van der Waals surface area contributed by atoms with Crippen molar-refractivity contribution >= 4 is 35.1 Å². The normalized spacial score (nSPS) is 22.4. The molecule has 6 nitrogen and oxygen atoms in total. The van der Waals surface area contributed by atoms with Crippen molar-refractivity contribution in [3.8, 4) is 0 Å². The third-order valence-corrected chi connectivity index (χ3v) is 5.96. The van der Waals surface area contributed by atoms with E-state index >= 15 is 0 Å². The lowest BCUT2D eigenvalue weighted by atomic mass is 9.93. The SMILES string of the molecule is O=C1C2NCCCC2N(Cc2ccc(Cl)c(Cl)c2)C(=O)N1Cc1ccccn1. The number of urea groups is 1. The van der Waals surface area contributed by atoms with Gasteiger partial charge in [0.2, 0.25) is 5.91 Å². The summed E-state index contributed by atoms with van der Waals surface area (Å²) in [5.74, 6) is -0.189. The van der Waals surface area contributed by atoms with Crippen LogP contribution in [0.2, 0.25) is 10.0 Å². The Bertz CT molecular complexity index is 893. The molecule has 2 aromatic rings. The fourth-order valence-corrected chi connectivity index (χ4v) is 4.16. The summed E-state index contributed by atoms with van der Waals surface area (Å²) in [6.45, 7) is 1.28. The fourth-order valence-electron chi connectivity index (χ4n) is 3.84. The van der Waals surface area contributed by atoms with Crippen molar-refractivity contribution < 1.29 is 9.59 Å². The molecule has 2 aliphatic rings. The summed E-state index contributed by atoms with van der Waals surface area (Å²) >= 11 is 12.2. The Balaban J connectivity index is 1.63. The van der Waals surface area contributed by atoms with Gasteiger partial charge in [-0.15, -0.1) is 0 Å². The third-order valence-electron chi connectivity index (χ3n) is 5.22. The van der Waals surface area contributed by atoms with Crippen LogP contribution in [0.25, 0.3) is 0 Å². The second kappa shape index (κ2) is 8.07. The van der Waals surface area contributed by atoms with Crippen LogP contribution in [0, 0.1) is 0 Å². The highest BCUT2D eigenvalue weighted by Gasteiger charge is 2.47. The molecular formula is C20H20Cl2N4O2. The lowest BCUT2D eigenvalue weighted by molar-refractivity contribution is -0.137. The first-order valence-electron chi connectivity index (χ1n) is 9.24. The second-order valence-electron chi connectivity index (χ2n) is 7.05. The van der Waals surface area contributed by atoms with Crippen LogP contribution in [0.5, 0.6) is 0 Å². The van der Waals surface area contributed by atoms with Crippen LogP contribution in [0.15, 0.2) is 42.6 Å². The number of benzene rings is 1. The summed E-state index contributed by atoms with van der Waals surface area (Å²) in [5, 5.41) is 4.21. The van der Waals surface area contributed by atoms with Crippen LogP contribution in [-0.2, 0) is 17.9 Å². The molecule has 2 fully saturated rings. The predicted molar refractivity (Wildman–Crippen MR) is 107 cm³/mol. The number of halogens is 2. The fraction of sp³-hybridized carbons (Fsp3) is 0.350. The zero-order valence-electron chi connectivity index (χ0n) is 15.1. The van der Waals surface area contributed by atoms with Gasteiger partial charge in [-0.05, 0) is 49.2 Å². The van der Waals surface area contributed by atoms with Gasteiger partial charge in [-0.3, -0.25) is 14.7 Å². The Morgan fingerprint density at radius 3 is 2.71 bits per heavy atom. The summed E-state index contributed by atoms with van der Waals surface area (Å²) in [6, 6.07) is 9.92. The lowest BCUT2D eigenvalue weighted by Crippen LogP contribution is -2.68. The number of carbonyl (C=O) groups excluding carboxylic acids is 2. The molecule has 2 unspecified atom stereocenters. The largest absolute Gasteiger partial charge is 0.327 e. The Hall–Kier alpha value is -2.15. The van der Waals surface area contributed by atoms with E-state index in [1.165, 1.54) is 4.90 Å². The molecule has 28 heavy (non-hydrogen) atoms. The van der Waals surface area contributed by atoms with Crippen molar-refractivity contribution in [2.24, 2.45) is 0 Å². The molecule has 0 bridgehead atoms. The highest BCUT2D eigenvalue weighted by Crippen LogP contribution is 2.29. The minimum atomic E-state index is -0.405. The summed E-state index contributed by atoms with van der Waals surface area (Å²) in [6.07, 6.45) is 3.36. The van der Waals surface area contributed by atoms with E-state index < -0.39 is 6.04 Å². The van der Waals surface area contributed by atoms with Gasteiger partial charge in [0.05, 0.1) is 28.3 Å². The van der Waals surface area contributed by atoms with Gasteiger partial charge in [0.1, 0.15) is 6.04 Å². The Morgan fingerprint density at radius 2 is 1.96 bits per heavy atom. The van der Waals surface area contributed by atoms with Crippen LogP contribution < -0.4 is 5.32 Å². The van der Waals surface area contributed by atoms with Crippen LogP contribution in [-0.4, -0.2) is 45.4 Å². The number of piperidine rings is 1. The van der Waals surface area contributed by atoms with Gasteiger partial charge < -0.3 is 10.2 Å². The molecule has 2 saturated heterocycles. The number of imide groups is 1. The summed E-state index contributed by atoms with van der Waals surface area (Å²) in [7, 11) is 0. The van der Waals surface area contributed by atoms with Crippen molar-refractivity contribution in [3.63, 3.8) is 0 Å². The first-order valence-corrected chi connectivity index (χ1v) is 9.99. The van der Waals surface area contributed by atoms with Gasteiger partial charge in [-0.2, -0.15) is 0 Å². The molecule has 0 aliphatic carbocycles. The quantitative estimate of drug-likeness (QED) is 0.825. The molecular weight excluding hydrogens is 399 g/mol. The van der Waals surface area contributed by atoms with Gasteiger partial charge in [0.25, 0.3) is 0 Å². The summed E-state index contributed by atoms with van der Waals surface area (Å²) < 4.78 is 0. The van der Waals surface area contributed by atoms with Crippen molar-refractivity contribution in [2.75, 3.05) is 6.54 Å². The Morgan fingerprint density at radius 1 is 1.11 bits per heavy atom. The number of hydrogen-bond donors (Lipinski definition) is 1. The van der Waals surface area contributed by atoms with Gasteiger partial charge in [0, 0.05) is 12.7 Å². The highest BCUT2D eigenvalue weighted by atomic mass is 35.5. The Kier molecular flexibility index (Phi) is 5.53. The maximum absolute atomic E-state index is 13.3. The van der Waals surface area contributed by atoms with Crippen LogP contribution in [0.4, 0.5) is 4.79 Å². The second-order valence-corrected chi connectivity index (χ2v) is 7.86. The van der Waals surface area contributed by atoms with Gasteiger partial charge in [-0.25, -0.2) is 4.79 Å². The van der Waals surface area contributed by atoms with Crippen molar-refractivity contribution in [1.82, 2.24) is 20.1 Å². The van der Waals surface area contributed by atoms with E-state index in [2.05, 4.69) is 10.3 Å². The molecule has 1 N–H and O–H groups in total. The molecule has 1 aromatic heterocycles. The maximum atomic E-state index is 13.3. The topological polar surface area (TPSA) is 65.5 Å². The molecule has 1 aromatic carbocycles. The van der Waals surface area contributed by atoms with Crippen molar-refractivity contribution in [3.05, 3.63) is 63.9 Å². The van der Waals surface area contributed by atoms with Crippen LogP contribution in [0.3, 0.4) is 0 Å². The molecule has 0 radical (unpaired) electrons. The van der Waals surface area contributed by atoms with E-state index in [1.54, 1.807) is 29.3 Å². The number of hydrogen-bond acceptors (Lipinski definition) is 4. The minimum Gasteiger partial charge on any atom is -0.315 e. The number of nitrogens with one attached hydrogen (secondary N) is 1. The molecule has 2 atom stereocenters. The Labute approximate surface area is 173 Å². The number of fused-ring (bicyclic) bond motifs is 1. The first-order chi connectivity index (χ1) is 13.5. The number of amides is 3. The average molecular weight is 419 g/mol. The molecule has 0 spiro atoms. The van der Waals surface area contributed by atoms with Crippen molar-refractivity contribution in [2.45, 2.75) is 38.0 Å². The highest BCUT2D eigenvalue weighted by molar-refractivity contribution is 6.42. The number of carbonyl (C=O) groups is 2. The van der Waals surface area contributed by atoms with Gasteiger partial charge in [-0.1, -0.05) is 35.3 Å². The number of rotatable bonds is 4. The van der Waals surface area contributed by atoms with E-state index in [0.29, 0.717) is 22.3 Å². The smallest absolute Gasteiger partial charge is 0.315 e. The molecule has 3 amide bonds. The van der Waals surface area contributed by atoms with Crippen LogP contribution in [0.1, 0.15) is 24.1 Å². The average Bonchev–Trinajstić information content (AvgIpc) is 2.72. The number of pyridine rings is 1. The molecule has 3 heterocycles. The molecule has 4 rings (SSSR count). The van der Waals surface area contributed by atoms with E-state index in [0.717, 1.165) is 24.9 Å². The molecule has 8 heteroatoms. The van der Waals surface area contributed by atoms with E-state index in [9.17, 15) is 9.59 Å². The van der Waals surface area contributed by atoms with E-state index in [4.69, 9.17) is 23.2 Å². The molecule has 2 aliphatic heterocycles. The molecule has 0 saturated carbocycles.